The lowest BCUT2D eigenvalue weighted by atomic mass is 10.1. The lowest BCUT2D eigenvalue weighted by Crippen LogP contribution is -2.19. The highest BCUT2D eigenvalue weighted by Crippen LogP contribution is 2.14. The summed E-state index contributed by atoms with van der Waals surface area (Å²) in [6.07, 6.45) is 0. The maximum atomic E-state index is 13.1. The molecule has 1 atom stereocenters. The van der Waals surface area contributed by atoms with Gasteiger partial charge in [0.05, 0.1) is 5.69 Å². The predicted molar refractivity (Wildman–Crippen MR) is 72.9 cm³/mol. The number of carbonyl (C=O) groups is 1. The second-order valence-corrected chi connectivity index (χ2v) is 4.48. The van der Waals surface area contributed by atoms with Crippen LogP contribution in [0.3, 0.4) is 0 Å². The summed E-state index contributed by atoms with van der Waals surface area (Å²) in [5.41, 5.74) is 1.48. The second-order valence-electron chi connectivity index (χ2n) is 4.48. The van der Waals surface area contributed by atoms with Crippen LogP contribution >= 0.6 is 0 Å². The number of halogens is 1. The summed E-state index contributed by atoms with van der Waals surface area (Å²) in [4.78, 5) is 14.8. The minimum atomic E-state index is -1.05. The summed E-state index contributed by atoms with van der Waals surface area (Å²) in [7, 11) is 0. The van der Waals surface area contributed by atoms with E-state index in [1.165, 1.54) is 18.2 Å². The van der Waals surface area contributed by atoms with Gasteiger partial charge in [0.1, 0.15) is 11.5 Å². The van der Waals surface area contributed by atoms with Crippen molar-refractivity contribution in [1.29, 1.82) is 0 Å². The molecule has 1 heterocycles. The standard InChI is InChI=1S/C15H15FN2O2/c1-10(11-4-2-5-12(16)8-11)17-9-13-6-3-7-14(18-13)15(19)20/h2-8,10,17H,9H2,1H3,(H,19,20)/t10-/m0/s1. The van der Waals surface area contributed by atoms with Crippen LogP contribution in [0.2, 0.25) is 0 Å². The number of hydrogen-bond donors (Lipinski definition) is 2. The Hall–Kier alpha value is -2.27. The molecule has 0 saturated heterocycles. The van der Waals surface area contributed by atoms with Gasteiger partial charge in [-0.15, -0.1) is 0 Å². The quantitative estimate of drug-likeness (QED) is 0.880. The first-order chi connectivity index (χ1) is 9.56. The first-order valence-electron chi connectivity index (χ1n) is 6.24. The van der Waals surface area contributed by atoms with Crippen LogP contribution in [0.4, 0.5) is 4.39 Å². The molecule has 1 aromatic heterocycles. The van der Waals surface area contributed by atoms with E-state index in [0.29, 0.717) is 12.2 Å². The molecule has 1 aromatic carbocycles. The van der Waals surface area contributed by atoms with E-state index < -0.39 is 5.97 Å². The smallest absolute Gasteiger partial charge is 0.354 e. The Morgan fingerprint density at radius 2 is 2.10 bits per heavy atom. The van der Waals surface area contributed by atoms with Crippen molar-refractivity contribution in [2.24, 2.45) is 0 Å². The van der Waals surface area contributed by atoms with E-state index in [-0.39, 0.29) is 17.6 Å². The number of carboxylic acids is 1. The molecule has 2 rings (SSSR count). The Kier molecular flexibility index (Phi) is 4.42. The number of rotatable bonds is 5. The first-order valence-corrected chi connectivity index (χ1v) is 6.24. The van der Waals surface area contributed by atoms with Crippen LogP contribution in [-0.2, 0) is 6.54 Å². The third-order valence-electron chi connectivity index (χ3n) is 2.96. The number of aromatic carboxylic acids is 1. The molecule has 104 valence electrons. The Bertz CT molecular complexity index is 616. The molecule has 0 unspecified atom stereocenters. The number of carboxylic acid groups (broad SMARTS) is 1. The molecule has 0 spiro atoms. The van der Waals surface area contributed by atoms with E-state index in [9.17, 15) is 9.18 Å². The lowest BCUT2D eigenvalue weighted by Gasteiger charge is -2.14. The molecular formula is C15H15FN2O2. The zero-order valence-corrected chi connectivity index (χ0v) is 11.0. The molecule has 0 amide bonds. The van der Waals surface area contributed by atoms with E-state index >= 15 is 0 Å². The minimum Gasteiger partial charge on any atom is -0.477 e. The number of nitrogens with zero attached hydrogens (tertiary/aromatic N) is 1. The molecule has 20 heavy (non-hydrogen) atoms. The fourth-order valence-electron chi connectivity index (χ4n) is 1.85. The van der Waals surface area contributed by atoms with Crippen LogP contribution in [0.5, 0.6) is 0 Å². The number of nitrogens with one attached hydrogen (secondary N) is 1. The van der Waals surface area contributed by atoms with Gasteiger partial charge in [0.2, 0.25) is 0 Å². The van der Waals surface area contributed by atoms with E-state index in [2.05, 4.69) is 10.3 Å². The van der Waals surface area contributed by atoms with E-state index in [1.54, 1.807) is 18.2 Å². The van der Waals surface area contributed by atoms with Crippen molar-refractivity contribution in [1.82, 2.24) is 10.3 Å². The zero-order chi connectivity index (χ0) is 14.5. The molecule has 2 N–H and O–H groups in total. The monoisotopic (exact) mass is 274 g/mol. The number of benzene rings is 1. The van der Waals surface area contributed by atoms with Crippen molar-refractivity contribution < 1.29 is 14.3 Å². The highest BCUT2D eigenvalue weighted by atomic mass is 19.1. The molecule has 2 aromatic rings. The van der Waals surface area contributed by atoms with Crippen molar-refractivity contribution in [2.75, 3.05) is 0 Å². The number of hydrogen-bond acceptors (Lipinski definition) is 3. The van der Waals surface area contributed by atoms with Crippen molar-refractivity contribution in [3.63, 3.8) is 0 Å². The van der Waals surface area contributed by atoms with Crippen LogP contribution in [0.15, 0.2) is 42.5 Å². The van der Waals surface area contributed by atoms with E-state index in [4.69, 9.17) is 5.11 Å². The first kappa shape index (κ1) is 14.1. The molecule has 0 bridgehead atoms. The van der Waals surface area contributed by atoms with E-state index in [0.717, 1.165) is 5.56 Å². The number of pyridine rings is 1. The van der Waals surface area contributed by atoms with Gasteiger partial charge in [-0.3, -0.25) is 0 Å². The van der Waals surface area contributed by atoms with Crippen LogP contribution in [-0.4, -0.2) is 16.1 Å². The summed E-state index contributed by atoms with van der Waals surface area (Å²) in [5, 5.41) is 12.1. The van der Waals surface area contributed by atoms with Gasteiger partial charge in [0.25, 0.3) is 0 Å². The minimum absolute atomic E-state index is 0.0164. The Balaban J connectivity index is 2.01. The van der Waals surface area contributed by atoms with Gasteiger partial charge in [0.15, 0.2) is 0 Å². The summed E-state index contributed by atoms with van der Waals surface area (Å²) >= 11 is 0. The van der Waals surface area contributed by atoms with Crippen molar-refractivity contribution in [2.45, 2.75) is 19.5 Å². The van der Waals surface area contributed by atoms with Gasteiger partial charge < -0.3 is 10.4 Å². The topological polar surface area (TPSA) is 62.2 Å². The highest BCUT2D eigenvalue weighted by Gasteiger charge is 2.08. The van der Waals surface area contributed by atoms with Crippen LogP contribution in [0.25, 0.3) is 0 Å². The highest BCUT2D eigenvalue weighted by molar-refractivity contribution is 5.85. The fraction of sp³-hybridized carbons (Fsp3) is 0.200. The van der Waals surface area contributed by atoms with E-state index in [1.807, 2.05) is 13.0 Å². The molecule has 0 aliphatic carbocycles. The summed E-state index contributed by atoms with van der Waals surface area (Å²) < 4.78 is 13.1. The SMILES string of the molecule is C[C@H](NCc1cccc(C(=O)O)n1)c1cccc(F)c1. The van der Waals surface area contributed by atoms with Gasteiger partial charge in [-0.05, 0) is 36.8 Å². The third-order valence-corrected chi connectivity index (χ3v) is 2.96. The molecule has 0 aliphatic heterocycles. The summed E-state index contributed by atoms with van der Waals surface area (Å²) in [6, 6.07) is 11.2. The Morgan fingerprint density at radius 3 is 2.80 bits per heavy atom. The summed E-state index contributed by atoms with van der Waals surface area (Å²) in [6.45, 7) is 2.33. The molecule has 4 nitrogen and oxygen atoms in total. The van der Waals surface area contributed by atoms with Gasteiger partial charge in [-0.2, -0.15) is 0 Å². The molecule has 0 fully saturated rings. The molecule has 5 heteroatoms. The van der Waals surface area contributed by atoms with Crippen molar-refractivity contribution >= 4 is 5.97 Å². The third kappa shape index (κ3) is 3.61. The number of aromatic nitrogens is 1. The summed E-state index contributed by atoms with van der Waals surface area (Å²) in [5.74, 6) is -1.33. The lowest BCUT2D eigenvalue weighted by molar-refractivity contribution is 0.0690. The maximum absolute atomic E-state index is 13.1. The van der Waals surface area contributed by atoms with Gasteiger partial charge in [0, 0.05) is 12.6 Å². The van der Waals surface area contributed by atoms with Gasteiger partial charge >= 0.3 is 5.97 Å². The normalized spacial score (nSPS) is 12.1. The maximum Gasteiger partial charge on any atom is 0.354 e. The van der Waals surface area contributed by atoms with Crippen LogP contribution in [0, 0.1) is 5.82 Å². The molecular weight excluding hydrogens is 259 g/mol. The van der Waals surface area contributed by atoms with Crippen molar-refractivity contribution in [3.8, 4) is 0 Å². The van der Waals surface area contributed by atoms with Crippen LogP contribution in [0.1, 0.15) is 34.7 Å². The predicted octanol–water partition coefficient (Wildman–Crippen LogP) is 2.77. The fourth-order valence-corrected chi connectivity index (χ4v) is 1.85. The van der Waals surface area contributed by atoms with Gasteiger partial charge in [-0.1, -0.05) is 18.2 Å². The molecule has 0 aliphatic rings. The van der Waals surface area contributed by atoms with Gasteiger partial charge in [-0.25, -0.2) is 14.2 Å². The average molecular weight is 274 g/mol. The largest absolute Gasteiger partial charge is 0.477 e. The Morgan fingerprint density at radius 1 is 1.35 bits per heavy atom. The zero-order valence-electron chi connectivity index (χ0n) is 11.0. The molecule has 0 saturated carbocycles. The van der Waals surface area contributed by atoms with Crippen molar-refractivity contribution in [3.05, 3.63) is 65.2 Å². The molecule has 0 radical (unpaired) electrons. The second kappa shape index (κ2) is 6.25. The van der Waals surface area contributed by atoms with Crippen LogP contribution < -0.4 is 5.32 Å². The average Bonchev–Trinajstić information content (AvgIpc) is 2.45. The Labute approximate surface area is 116 Å².